The molecule has 7 heteroatoms. The molecule has 1 aliphatic heterocycles. The Morgan fingerprint density at radius 1 is 0.848 bits per heavy atom. The van der Waals surface area contributed by atoms with Crippen LogP contribution >= 0.6 is 7.44 Å². The van der Waals surface area contributed by atoms with Gasteiger partial charge in [0.2, 0.25) is 0 Å². The lowest BCUT2D eigenvalue weighted by Crippen LogP contribution is -2.36. The van der Waals surface area contributed by atoms with Crippen molar-refractivity contribution in [3.05, 3.63) is 101 Å². The average molecular weight is 456 g/mol. The highest BCUT2D eigenvalue weighted by Gasteiger charge is 2.43. The Hall–Kier alpha value is -3.63. The fraction of sp³-hybridized carbons (Fsp3) is 0.154. The van der Waals surface area contributed by atoms with Crippen molar-refractivity contribution in [2.75, 3.05) is 12.1 Å². The van der Waals surface area contributed by atoms with Gasteiger partial charge in [-0.1, -0.05) is 54.6 Å². The molecule has 1 aromatic heterocycles. The van der Waals surface area contributed by atoms with Crippen LogP contribution in [0.1, 0.15) is 22.4 Å². The van der Waals surface area contributed by atoms with Gasteiger partial charge in [-0.2, -0.15) is 5.10 Å². The summed E-state index contributed by atoms with van der Waals surface area (Å²) in [4.78, 5) is 4.99. The van der Waals surface area contributed by atoms with Crippen LogP contribution in [0, 0.1) is 20.8 Å². The van der Waals surface area contributed by atoms with Crippen LogP contribution in [-0.2, 0) is 4.57 Å². The highest BCUT2D eigenvalue weighted by molar-refractivity contribution is 7.72. The number of aliphatic imine (C=N–C) groups is 1. The standard InChI is InChI=1S/C26H26N5OP/c1-18-15-16-22(17-19(18)2)29-33(32)24-20(3)28-31(23-13-9-6-10-14-23)26(24)27-25(30(33)4)21-11-7-5-8-12-21/h5-17H,1-4H3,(H,29,32)/t33-/m0/s1. The van der Waals surface area contributed by atoms with Crippen LogP contribution in [0.5, 0.6) is 0 Å². The van der Waals surface area contributed by atoms with E-state index in [1.807, 2.05) is 92.8 Å². The van der Waals surface area contributed by atoms with E-state index in [2.05, 4.69) is 18.9 Å². The van der Waals surface area contributed by atoms with Crippen LogP contribution in [0.3, 0.4) is 0 Å². The number of nitrogens with one attached hydrogen (secondary N) is 1. The van der Waals surface area contributed by atoms with Gasteiger partial charge in [-0.25, -0.2) is 9.67 Å². The van der Waals surface area contributed by atoms with Crippen LogP contribution < -0.4 is 10.4 Å². The van der Waals surface area contributed by atoms with Gasteiger partial charge < -0.3 is 5.09 Å². The van der Waals surface area contributed by atoms with E-state index >= 15 is 0 Å². The molecule has 0 saturated carbocycles. The van der Waals surface area contributed by atoms with Gasteiger partial charge in [0.1, 0.15) is 11.1 Å². The third-order valence-corrected chi connectivity index (χ3v) is 8.79. The maximum atomic E-state index is 14.9. The van der Waals surface area contributed by atoms with E-state index < -0.39 is 7.44 Å². The zero-order chi connectivity index (χ0) is 23.2. The number of anilines is 1. The van der Waals surface area contributed by atoms with Crippen LogP contribution in [0.25, 0.3) is 5.69 Å². The van der Waals surface area contributed by atoms with E-state index in [-0.39, 0.29) is 0 Å². The Morgan fingerprint density at radius 2 is 1.52 bits per heavy atom. The van der Waals surface area contributed by atoms with Crippen molar-refractivity contribution in [3.8, 4) is 5.69 Å². The maximum Gasteiger partial charge on any atom is 0.296 e. The van der Waals surface area contributed by atoms with E-state index in [0.717, 1.165) is 22.5 Å². The van der Waals surface area contributed by atoms with E-state index in [9.17, 15) is 4.57 Å². The van der Waals surface area contributed by atoms with Crippen molar-refractivity contribution in [3.63, 3.8) is 0 Å². The molecule has 0 saturated heterocycles. The fourth-order valence-corrected chi connectivity index (χ4v) is 6.50. The third kappa shape index (κ3) is 3.57. The molecule has 166 valence electrons. The summed E-state index contributed by atoms with van der Waals surface area (Å²) in [7, 11) is -1.50. The lowest BCUT2D eigenvalue weighted by atomic mass is 10.1. The van der Waals surface area contributed by atoms with Gasteiger partial charge in [0.15, 0.2) is 5.82 Å². The summed E-state index contributed by atoms with van der Waals surface area (Å²) in [6, 6.07) is 25.7. The summed E-state index contributed by atoms with van der Waals surface area (Å²) >= 11 is 0. The first kappa shape index (κ1) is 21.2. The molecule has 33 heavy (non-hydrogen) atoms. The molecule has 5 rings (SSSR count). The smallest absolute Gasteiger partial charge is 0.296 e. The van der Waals surface area contributed by atoms with Gasteiger partial charge >= 0.3 is 0 Å². The van der Waals surface area contributed by atoms with Gasteiger partial charge in [-0.05, 0) is 56.2 Å². The first-order valence-electron chi connectivity index (χ1n) is 10.9. The van der Waals surface area contributed by atoms with Crippen molar-refractivity contribution in [2.45, 2.75) is 20.8 Å². The van der Waals surface area contributed by atoms with Gasteiger partial charge in [0.25, 0.3) is 7.44 Å². The molecular formula is C26H26N5OP. The predicted octanol–water partition coefficient (Wildman–Crippen LogP) is 5.75. The Balaban J connectivity index is 1.74. The van der Waals surface area contributed by atoms with E-state index in [0.29, 0.717) is 22.7 Å². The van der Waals surface area contributed by atoms with Crippen LogP contribution in [-0.4, -0.2) is 27.3 Å². The van der Waals surface area contributed by atoms with Crippen molar-refractivity contribution in [1.82, 2.24) is 14.5 Å². The van der Waals surface area contributed by atoms with Gasteiger partial charge in [-0.15, -0.1) is 0 Å². The molecule has 4 aromatic rings. The van der Waals surface area contributed by atoms with E-state index in [1.54, 1.807) is 9.35 Å². The number of rotatable bonds is 4. The number of hydrogen-bond acceptors (Lipinski definition) is 3. The molecule has 0 radical (unpaired) electrons. The van der Waals surface area contributed by atoms with Crippen molar-refractivity contribution >= 4 is 30.1 Å². The number of aryl methyl sites for hydroxylation is 3. The number of amidine groups is 1. The van der Waals surface area contributed by atoms with Crippen molar-refractivity contribution in [2.24, 2.45) is 4.99 Å². The van der Waals surface area contributed by atoms with E-state index in [1.165, 1.54) is 5.56 Å². The second-order valence-electron chi connectivity index (χ2n) is 8.32. The number of para-hydroxylation sites is 1. The van der Waals surface area contributed by atoms with Gasteiger partial charge in [-0.3, -0.25) is 9.24 Å². The van der Waals surface area contributed by atoms with Gasteiger partial charge in [0.05, 0.1) is 11.4 Å². The Bertz CT molecular complexity index is 1410. The summed E-state index contributed by atoms with van der Waals surface area (Å²) in [5, 5.41) is 8.78. The summed E-state index contributed by atoms with van der Waals surface area (Å²) in [5.41, 5.74) is 5.60. The summed E-state index contributed by atoms with van der Waals surface area (Å²) in [6.07, 6.45) is 0. The molecule has 1 N–H and O–H groups in total. The molecule has 0 unspecified atom stereocenters. The van der Waals surface area contributed by atoms with E-state index in [4.69, 9.17) is 10.1 Å². The number of nitrogens with zero attached hydrogens (tertiary/aromatic N) is 4. The Morgan fingerprint density at radius 3 is 2.18 bits per heavy atom. The monoisotopic (exact) mass is 455 g/mol. The molecular weight excluding hydrogens is 429 g/mol. The third-order valence-electron chi connectivity index (χ3n) is 6.07. The SMILES string of the molecule is Cc1ccc(N[P@@]2(=O)c3c(C)nn(-c4ccccc4)c3N=C(c3ccccc3)N2C)cc1C. The second-order valence-corrected chi connectivity index (χ2v) is 10.7. The lowest BCUT2D eigenvalue weighted by Gasteiger charge is -2.35. The van der Waals surface area contributed by atoms with Crippen LogP contribution in [0.4, 0.5) is 11.5 Å². The molecule has 2 heterocycles. The molecule has 1 atom stereocenters. The summed E-state index contributed by atoms with van der Waals surface area (Å²) in [5.74, 6) is 1.23. The maximum absolute atomic E-state index is 14.9. The molecule has 3 aromatic carbocycles. The average Bonchev–Trinajstić information content (AvgIpc) is 3.17. The summed E-state index contributed by atoms with van der Waals surface area (Å²) < 4.78 is 18.5. The highest BCUT2D eigenvalue weighted by atomic mass is 31.2. The zero-order valence-electron chi connectivity index (χ0n) is 19.1. The minimum Gasteiger partial charge on any atom is -0.317 e. The number of aromatic nitrogens is 2. The highest BCUT2D eigenvalue weighted by Crippen LogP contribution is 2.54. The Labute approximate surface area is 194 Å². The lowest BCUT2D eigenvalue weighted by molar-refractivity contribution is 0.553. The van der Waals surface area contributed by atoms with Crippen LogP contribution in [0.15, 0.2) is 83.9 Å². The molecule has 6 nitrogen and oxygen atoms in total. The normalized spacial score (nSPS) is 17.5. The second kappa shape index (κ2) is 8.05. The largest absolute Gasteiger partial charge is 0.317 e. The number of fused-ring (bicyclic) bond motifs is 1. The first-order valence-corrected chi connectivity index (χ1v) is 12.5. The summed E-state index contributed by atoms with van der Waals surface area (Å²) in [6.45, 7) is 6.02. The van der Waals surface area contributed by atoms with Crippen molar-refractivity contribution < 1.29 is 4.57 Å². The molecule has 0 bridgehead atoms. The molecule has 0 fully saturated rings. The minimum absolute atomic E-state index is 0.593. The fourth-order valence-electron chi connectivity index (χ4n) is 4.12. The molecule has 0 amide bonds. The molecule has 0 aliphatic carbocycles. The van der Waals surface area contributed by atoms with Crippen LogP contribution in [0.2, 0.25) is 0 Å². The predicted molar refractivity (Wildman–Crippen MR) is 135 cm³/mol. The number of benzene rings is 3. The minimum atomic E-state index is -3.34. The topological polar surface area (TPSA) is 62.5 Å². The van der Waals surface area contributed by atoms with Gasteiger partial charge in [0, 0.05) is 18.3 Å². The first-order chi connectivity index (χ1) is 15.9. The molecule has 1 aliphatic rings. The zero-order valence-corrected chi connectivity index (χ0v) is 20.0. The van der Waals surface area contributed by atoms with Crippen molar-refractivity contribution in [1.29, 1.82) is 0 Å². The Kier molecular flexibility index (Phi) is 5.18. The molecule has 0 spiro atoms. The quantitative estimate of drug-likeness (QED) is 0.398. The number of hydrogen-bond donors (Lipinski definition) is 1.